The molecule has 0 fully saturated rings. The molecular formula is C39H75NO5. The highest BCUT2D eigenvalue weighted by Crippen LogP contribution is 2.16. The Balaban J connectivity index is 3.79. The van der Waals surface area contributed by atoms with Gasteiger partial charge >= 0.3 is 11.9 Å². The van der Waals surface area contributed by atoms with Crippen molar-refractivity contribution in [3.8, 4) is 0 Å². The molecule has 0 aromatic rings. The van der Waals surface area contributed by atoms with Gasteiger partial charge in [0, 0.05) is 12.8 Å². The molecule has 0 saturated heterocycles. The van der Waals surface area contributed by atoms with Gasteiger partial charge in [0.25, 0.3) is 0 Å². The smallest absolute Gasteiger partial charge is 0.328 e. The Hall–Kier alpha value is -1.59. The molecule has 0 aliphatic carbocycles. The Bertz CT molecular complexity index is 680. The van der Waals surface area contributed by atoms with Crippen LogP contribution in [0.15, 0.2) is 0 Å². The molecule has 6 heteroatoms. The largest absolute Gasteiger partial charge is 0.481 e. The van der Waals surface area contributed by atoms with E-state index in [1.807, 2.05) is 0 Å². The molecule has 0 rings (SSSR count). The van der Waals surface area contributed by atoms with Crippen molar-refractivity contribution in [3.63, 3.8) is 0 Å². The minimum Gasteiger partial charge on any atom is -0.481 e. The molecule has 0 aromatic heterocycles. The number of hydrogen-bond acceptors (Lipinski definition) is 4. The van der Waals surface area contributed by atoms with Gasteiger partial charge in [-0.3, -0.25) is 9.59 Å². The topological polar surface area (TPSA) is 92.7 Å². The lowest BCUT2D eigenvalue weighted by Crippen LogP contribution is -2.42. The van der Waals surface area contributed by atoms with Crippen LogP contribution in [0.5, 0.6) is 0 Å². The van der Waals surface area contributed by atoms with E-state index in [1.54, 1.807) is 0 Å². The van der Waals surface area contributed by atoms with Crippen LogP contribution in [0.1, 0.15) is 213 Å². The Labute approximate surface area is 279 Å². The van der Waals surface area contributed by atoms with Crippen LogP contribution in [0.3, 0.4) is 0 Å². The number of esters is 1. The van der Waals surface area contributed by atoms with E-state index in [4.69, 9.17) is 9.84 Å². The van der Waals surface area contributed by atoms with Crippen molar-refractivity contribution in [1.82, 2.24) is 5.32 Å². The van der Waals surface area contributed by atoms with Gasteiger partial charge in [-0.25, -0.2) is 4.79 Å². The molecule has 0 saturated carbocycles. The summed E-state index contributed by atoms with van der Waals surface area (Å²) < 4.78 is 5.43. The van der Waals surface area contributed by atoms with E-state index in [1.165, 1.54) is 135 Å². The van der Waals surface area contributed by atoms with Crippen molar-refractivity contribution in [2.75, 3.05) is 6.61 Å². The molecule has 0 spiro atoms. The molecular weight excluding hydrogens is 562 g/mol. The molecule has 0 heterocycles. The van der Waals surface area contributed by atoms with Crippen LogP contribution in [-0.2, 0) is 19.1 Å². The summed E-state index contributed by atoms with van der Waals surface area (Å²) in [6, 6.07) is -0.879. The zero-order valence-electron chi connectivity index (χ0n) is 30.2. The molecule has 1 atom stereocenters. The molecule has 0 aromatic carbocycles. The van der Waals surface area contributed by atoms with Crippen LogP contribution >= 0.6 is 0 Å². The monoisotopic (exact) mass is 638 g/mol. The number of carbonyl (C=O) groups excluding carboxylic acids is 2. The molecule has 0 aliphatic rings. The third-order valence-corrected chi connectivity index (χ3v) is 8.94. The minimum absolute atomic E-state index is 0.0661. The first-order valence-corrected chi connectivity index (χ1v) is 19.5. The van der Waals surface area contributed by atoms with E-state index in [2.05, 4.69) is 26.1 Å². The van der Waals surface area contributed by atoms with Crippen molar-refractivity contribution in [2.24, 2.45) is 5.92 Å². The molecule has 2 N–H and O–H groups in total. The second-order valence-corrected chi connectivity index (χ2v) is 14.0. The highest BCUT2D eigenvalue weighted by Gasteiger charge is 2.23. The summed E-state index contributed by atoms with van der Waals surface area (Å²) in [6.45, 7) is 7.20. The molecule has 266 valence electrons. The lowest BCUT2D eigenvalue weighted by molar-refractivity contribution is -0.148. The molecule has 45 heavy (non-hydrogen) atoms. The minimum atomic E-state index is -0.977. The maximum Gasteiger partial charge on any atom is 0.328 e. The van der Waals surface area contributed by atoms with E-state index in [-0.39, 0.29) is 18.7 Å². The van der Waals surface area contributed by atoms with Crippen LogP contribution in [0.2, 0.25) is 0 Å². The number of carboxylic acid groups (broad SMARTS) is 1. The summed E-state index contributed by atoms with van der Waals surface area (Å²) in [5, 5.41) is 11.8. The molecule has 0 bridgehead atoms. The third kappa shape index (κ3) is 33.6. The van der Waals surface area contributed by atoms with E-state index in [0.29, 0.717) is 13.0 Å². The van der Waals surface area contributed by atoms with Gasteiger partial charge in [-0.1, -0.05) is 181 Å². The summed E-state index contributed by atoms with van der Waals surface area (Å²) in [7, 11) is 0. The number of ether oxygens (including phenoxy) is 1. The van der Waals surface area contributed by atoms with Crippen molar-refractivity contribution in [1.29, 1.82) is 0 Å². The van der Waals surface area contributed by atoms with E-state index in [0.717, 1.165) is 44.4 Å². The van der Waals surface area contributed by atoms with Gasteiger partial charge < -0.3 is 15.2 Å². The Morgan fingerprint density at radius 3 is 1.36 bits per heavy atom. The Morgan fingerprint density at radius 1 is 0.533 bits per heavy atom. The van der Waals surface area contributed by atoms with Gasteiger partial charge in [-0.05, 0) is 25.2 Å². The van der Waals surface area contributed by atoms with Crippen LogP contribution in [-0.4, -0.2) is 35.6 Å². The SMILES string of the molecule is CCCCCCCCCCCCCC(=O)N[C@@H](CCC(=O)O)C(=O)OCCCCCCCCCCCCCCCCCC(C)C. The number of rotatable bonds is 35. The molecule has 6 nitrogen and oxygen atoms in total. The molecule has 1 amide bonds. The van der Waals surface area contributed by atoms with Crippen molar-refractivity contribution in [2.45, 2.75) is 219 Å². The van der Waals surface area contributed by atoms with Gasteiger partial charge in [0.2, 0.25) is 5.91 Å². The molecule has 0 radical (unpaired) electrons. The number of hydrogen-bond donors (Lipinski definition) is 2. The lowest BCUT2D eigenvalue weighted by atomic mass is 10.0. The second kappa shape index (κ2) is 33.8. The van der Waals surface area contributed by atoms with E-state index < -0.39 is 18.0 Å². The Morgan fingerprint density at radius 2 is 0.933 bits per heavy atom. The fourth-order valence-electron chi connectivity index (χ4n) is 5.96. The first-order valence-electron chi connectivity index (χ1n) is 19.5. The van der Waals surface area contributed by atoms with Gasteiger partial charge in [0.15, 0.2) is 0 Å². The number of nitrogens with one attached hydrogen (secondary N) is 1. The van der Waals surface area contributed by atoms with Gasteiger partial charge in [0.05, 0.1) is 6.61 Å². The second-order valence-electron chi connectivity index (χ2n) is 14.0. The summed E-state index contributed by atoms with van der Waals surface area (Å²) in [6.07, 6.45) is 34.3. The summed E-state index contributed by atoms with van der Waals surface area (Å²) >= 11 is 0. The molecule has 0 unspecified atom stereocenters. The van der Waals surface area contributed by atoms with Gasteiger partial charge in [-0.2, -0.15) is 0 Å². The zero-order valence-corrected chi connectivity index (χ0v) is 30.2. The van der Waals surface area contributed by atoms with Crippen LogP contribution < -0.4 is 5.32 Å². The number of carbonyl (C=O) groups is 3. The zero-order chi connectivity index (χ0) is 33.2. The van der Waals surface area contributed by atoms with Gasteiger partial charge in [0.1, 0.15) is 6.04 Å². The maximum atomic E-state index is 12.6. The average Bonchev–Trinajstić information content (AvgIpc) is 3.00. The number of carboxylic acids is 1. The van der Waals surface area contributed by atoms with Crippen molar-refractivity contribution < 1.29 is 24.2 Å². The van der Waals surface area contributed by atoms with Crippen LogP contribution in [0.4, 0.5) is 0 Å². The standard InChI is InChI=1S/C39H75NO5/c1-4-5-6-7-8-9-15-19-22-25-28-31-37(41)40-36(32-33-38(42)43)39(44)45-34-29-26-23-20-17-14-12-10-11-13-16-18-21-24-27-30-35(2)3/h35-36H,4-34H2,1-3H3,(H,40,41)(H,42,43)/t36-/m0/s1. The fourth-order valence-corrected chi connectivity index (χ4v) is 5.96. The predicted octanol–water partition coefficient (Wildman–Crippen LogP) is 11.5. The summed E-state index contributed by atoms with van der Waals surface area (Å²) in [5.41, 5.74) is 0. The highest BCUT2D eigenvalue weighted by molar-refractivity contribution is 5.84. The average molecular weight is 638 g/mol. The lowest BCUT2D eigenvalue weighted by Gasteiger charge is -2.17. The Kier molecular flexibility index (Phi) is 32.6. The summed E-state index contributed by atoms with van der Waals surface area (Å²) in [5.74, 6) is -0.822. The van der Waals surface area contributed by atoms with Crippen molar-refractivity contribution >= 4 is 17.8 Å². The number of aliphatic carboxylic acids is 1. The number of unbranched alkanes of at least 4 members (excludes halogenated alkanes) is 24. The first kappa shape index (κ1) is 43.4. The van der Waals surface area contributed by atoms with E-state index in [9.17, 15) is 14.4 Å². The van der Waals surface area contributed by atoms with Crippen LogP contribution in [0.25, 0.3) is 0 Å². The first-order chi connectivity index (χ1) is 21.9. The number of amides is 1. The predicted molar refractivity (Wildman–Crippen MR) is 190 cm³/mol. The third-order valence-electron chi connectivity index (χ3n) is 8.94. The molecule has 0 aliphatic heterocycles. The van der Waals surface area contributed by atoms with Gasteiger partial charge in [-0.15, -0.1) is 0 Å². The van der Waals surface area contributed by atoms with Crippen molar-refractivity contribution in [3.05, 3.63) is 0 Å². The highest BCUT2D eigenvalue weighted by atomic mass is 16.5. The maximum absolute atomic E-state index is 12.6. The van der Waals surface area contributed by atoms with Crippen LogP contribution in [0, 0.1) is 5.92 Å². The normalized spacial score (nSPS) is 12.0. The fraction of sp³-hybridized carbons (Fsp3) is 0.923. The summed E-state index contributed by atoms with van der Waals surface area (Å²) in [4.78, 5) is 36.1. The quantitative estimate of drug-likeness (QED) is 0.0533. The van der Waals surface area contributed by atoms with E-state index >= 15 is 0 Å².